The van der Waals surface area contributed by atoms with Crippen LogP contribution in [0, 0.1) is 11.8 Å². The molecule has 1 saturated heterocycles. The molecule has 0 saturated carbocycles. The quantitative estimate of drug-likeness (QED) is 0.786. The third-order valence-electron chi connectivity index (χ3n) is 5.50. The Morgan fingerprint density at radius 1 is 0.821 bits per heavy atom. The summed E-state index contributed by atoms with van der Waals surface area (Å²) in [5.74, 6) is 2.04. The van der Waals surface area contributed by atoms with Crippen molar-refractivity contribution in [3.63, 3.8) is 0 Å². The summed E-state index contributed by atoms with van der Waals surface area (Å²) in [6.07, 6.45) is -0.771. The van der Waals surface area contributed by atoms with Gasteiger partial charge in [0, 0.05) is 25.0 Å². The zero-order chi connectivity index (χ0) is 19.7. The first kappa shape index (κ1) is 18.9. The minimum atomic E-state index is -0.391. The molecule has 2 heterocycles. The Balaban J connectivity index is 1.68. The molecule has 28 heavy (non-hydrogen) atoms. The summed E-state index contributed by atoms with van der Waals surface area (Å²) in [6, 6.07) is 11.2. The molecule has 0 amide bonds. The Kier molecular flexibility index (Phi) is 5.30. The molecule has 0 bridgehead atoms. The molecular formula is C21H24O7. The molecule has 4 rings (SSSR count). The van der Waals surface area contributed by atoms with Gasteiger partial charge < -0.3 is 33.9 Å². The number of rotatable bonds is 6. The van der Waals surface area contributed by atoms with Gasteiger partial charge in [0.1, 0.15) is 0 Å². The van der Waals surface area contributed by atoms with Gasteiger partial charge in [-0.05, 0) is 35.4 Å². The van der Waals surface area contributed by atoms with Crippen molar-refractivity contribution < 1.29 is 33.9 Å². The van der Waals surface area contributed by atoms with E-state index in [2.05, 4.69) is 0 Å². The van der Waals surface area contributed by atoms with E-state index in [4.69, 9.17) is 23.7 Å². The first-order chi connectivity index (χ1) is 13.7. The average Bonchev–Trinajstić information content (AvgIpc) is 3.36. The highest BCUT2D eigenvalue weighted by molar-refractivity contribution is 5.46. The maximum absolute atomic E-state index is 10.1. The lowest BCUT2D eigenvalue weighted by Crippen LogP contribution is -2.23. The van der Waals surface area contributed by atoms with Crippen LogP contribution in [0.5, 0.6) is 23.0 Å². The summed E-state index contributed by atoms with van der Waals surface area (Å²) >= 11 is 0. The van der Waals surface area contributed by atoms with Crippen molar-refractivity contribution in [1.82, 2.24) is 0 Å². The second kappa shape index (κ2) is 7.87. The van der Waals surface area contributed by atoms with Gasteiger partial charge >= 0.3 is 0 Å². The molecule has 4 atom stereocenters. The fourth-order valence-electron chi connectivity index (χ4n) is 4.04. The number of ether oxygens (including phenoxy) is 5. The van der Waals surface area contributed by atoms with Crippen molar-refractivity contribution in [2.45, 2.75) is 12.2 Å². The molecule has 0 spiro atoms. The van der Waals surface area contributed by atoms with Gasteiger partial charge in [-0.1, -0.05) is 12.1 Å². The lowest BCUT2D eigenvalue weighted by atomic mass is 9.83. The topological polar surface area (TPSA) is 86.6 Å². The zero-order valence-corrected chi connectivity index (χ0v) is 15.8. The lowest BCUT2D eigenvalue weighted by molar-refractivity contribution is 0.0183. The Labute approximate surface area is 163 Å². The van der Waals surface area contributed by atoms with Crippen molar-refractivity contribution in [1.29, 1.82) is 0 Å². The first-order valence-electron chi connectivity index (χ1n) is 9.18. The molecular weight excluding hydrogens is 364 g/mol. The van der Waals surface area contributed by atoms with Gasteiger partial charge in [-0.15, -0.1) is 0 Å². The Bertz CT molecular complexity index is 837. The fourth-order valence-corrected chi connectivity index (χ4v) is 4.04. The van der Waals surface area contributed by atoms with E-state index in [0.29, 0.717) is 23.0 Å². The van der Waals surface area contributed by atoms with Crippen LogP contribution in [0.25, 0.3) is 0 Å². The number of aliphatic hydroxyl groups excluding tert-OH is 2. The van der Waals surface area contributed by atoms with Gasteiger partial charge in [0.25, 0.3) is 0 Å². The van der Waals surface area contributed by atoms with E-state index < -0.39 is 6.10 Å². The minimum absolute atomic E-state index is 0.103. The van der Waals surface area contributed by atoms with E-state index in [1.165, 1.54) is 0 Å². The largest absolute Gasteiger partial charge is 0.493 e. The summed E-state index contributed by atoms with van der Waals surface area (Å²) in [5, 5.41) is 20.1. The van der Waals surface area contributed by atoms with Crippen LogP contribution in [0.2, 0.25) is 0 Å². The molecule has 0 unspecified atom stereocenters. The maximum Gasteiger partial charge on any atom is 0.231 e. The van der Waals surface area contributed by atoms with Gasteiger partial charge in [0.05, 0.1) is 26.4 Å². The molecule has 0 aliphatic carbocycles. The number of aliphatic hydroxyl groups is 2. The fraction of sp³-hybridized carbons (Fsp3) is 0.429. The van der Waals surface area contributed by atoms with Crippen LogP contribution in [-0.4, -0.2) is 44.4 Å². The van der Waals surface area contributed by atoms with Crippen molar-refractivity contribution in [3.8, 4) is 23.0 Å². The zero-order valence-electron chi connectivity index (χ0n) is 15.8. The molecule has 2 aromatic rings. The van der Waals surface area contributed by atoms with E-state index in [9.17, 15) is 10.2 Å². The number of fused-ring (bicyclic) bond motifs is 1. The minimum Gasteiger partial charge on any atom is -0.493 e. The highest BCUT2D eigenvalue weighted by Gasteiger charge is 2.45. The SMILES string of the molecule is COc1ccc([C@@H]2O[C@@H](c3ccc4c(c3)OCO4)[C@@H](CO)[C@@H]2CO)cc1OC. The van der Waals surface area contributed by atoms with Crippen LogP contribution in [0.3, 0.4) is 0 Å². The molecule has 2 N–H and O–H groups in total. The normalized spacial score (nSPS) is 25.7. The van der Waals surface area contributed by atoms with Gasteiger partial charge in [-0.3, -0.25) is 0 Å². The lowest BCUT2D eigenvalue weighted by Gasteiger charge is -2.21. The van der Waals surface area contributed by atoms with Crippen molar-refractivity contribution in [3.05, 3.63) is 47.5 Å². The number of benzene rings is 2. The summed E-state index contributed by atoms with van der Waals surface area (Å²) < 4.78 is 27.9. The van der Waals surface area contributed by atoms with Crippen molar-refractivity contribution in [2.75, 3.05) is 34.2 Å². The third kappa shape index (κ3) is 3.15. The highest BCUT2D eigenvalue weighted by atomic mass is 16.7. The molecule has 0 aromatic heterocycles. The van der Waals surface area contributed by atoms with Crippen molar-refractivity contribution >= 4 is 0 Å². The summed E-state index contributed by atoms with van der Waals surface area (Å²) in [4.78, 5) is 0. The average molecular weight is 388 g/mol. The molecule has 2 aliphatic heterocycles. The monoisotopic (exact) mass is 388 g/mol. The van der Waals surface area contributed by atoms with Gasteiger partial charge in [-0.2, -0.15) is 0 Å². The second-order valence-electron chi connectivity index (χ2n) is 6.90. The summed E-state index contributed by atoms with van der Waals surface area (Å²) in [5.41, 5.74) is 1.74. The van der Waals surface area contributed by atoms with E-state index in [0.717, 1.165) is 11.1 Å². The molecule has 7 heteroatoms. The maximum atomic E-state index is 10.1. The number of methoxy groups -OCH3 is 2. The summed E-state index contributed by atoms with van der Waals surface area (Å²) in [7, 11) is 3.16. The Hall–Kier alpha value is -2.48. The van der Waals surface area contributed by atoms with Crippen LogP contribution in [0.4, 0.5) is 0 Å². The number of hydrogen-bond acceptors (Lipinski definition) is 7. The van der Waals surface area contributed by atoms with Crippen LogP contribution in [0.1, 0.15) is 23.3 Å². The van der Waals surface area contributed by atoms with Crippen LogP contribution < -0.4 is 18.9 Å². The second-order valence-corrected chi connectivity index (χ2v) is 6.90. The number of hydrogen-bond donors (Lipinski definition) is 2. The molecule has 2 aliphatic rings. The third-order valence-corrected chi connectivity index (χ3v) is 5.50. The highest BCUT2D eigenvalue weighted by Crippen LogP contribution is 2.51. The predicted molar refractivity (Wildman–Crippen MR) is 99.8 cm³/mol. The Morgan fingerprint density at radius 3 is 2.07 bits per heavy atom. The standard InChI is InChI=1S/C21H24O7/c1-24-16-5-3-12(7-18(16)25-2)20-14(9-22)15(10-23)21(28-20)13-4-6-17-19(8-13)27-11-26-17/h3-8,14-15,20-23H,9-11H2,1-2H3/t14-,15-,20-,21-/m0/s1. The van der Waals surface area contributed by atoms with Gasteiger partial charge in [0.15, 0.2) is 23.0 Å². The van der Waals surface area contributed by atoms with Crippen LogP contribution >= 0.6 is 0 Å². The van der Waals surface area contributed by atoms with Crippen LogP contribution in [-0.2, 0) is 4.74 Å². The van der Waals surface area contributed by atoms with Crippen LogP contribution in [0.15, 0.2) is 36.4 Å². The molecule has 1 fully saturated rings. The van der Waals surface area contributed by atoms with Crippen molar-refractivity contribution in [2.24, 2.45) is 11.8 Å². The summed E-state index contributed by atoms with van der Waals surface area (Å²) in [6.45, 7) is -0.0132. The van der Waals surface area contributed by atoms with E-state index in [1.54, 1.807) is 14.2 Å². The smallest absolute Gasteiger partial charge is 0.231 e. The van der Waals surface area contributed by atoms with E-state index in [1.807, 2.05) is 36.4 Å². The predicted octanol–water partition coefficient (Wildman–Crippen LogP) is 2.46. The molecule has 7 nitrogen and oxygen atoms in total. The van der Waals surface area contributed by atoms with E-state index >= 15 is 0 Å². The van der Waals surface area contributed by atoms with Gasteiger partial charge in [0.2, 0.25) is 6.79 Å². The molecule has 150 valence electrons. The Morgan fingerprint density at radius 2 is 1.43 bits per heavy atom. The molecule has 0 radical (unpaired) electrons. The van der Waals surface area contributed by atoms with E-state index in [-0.39, 0.29) is 37.9 Å². The first-order valence-corrected chi connectivity index (χ1v) is 9.18. The molecule has 2 aromatic carbocycles. The van der Waals surface area contributed by atoms with Gasteiger partial charge in [-0.25, -0.2) is 0 Å².